The standard InChI is InChI=1S/C15H28N4O.HI/c1-7-8-9-19(6)14(16-5)18-11-13-17-10-12(20-13)15(2,3)4;/h10H,7-9,11H2,1-6H3,(H,16,18);1H. The third kappa shape index (κ3) is 6.67. The summed E-state index contributed by atoms with van der Waals surface area (Å²) in [6.07, 6.45) is 4.14. The van der Waals surface area contributed by atoms with Crippen LogP contribution in [0, 0.1) is 0 Å². The van der Waals surface area contributed by atoms with Crippen LogP contribution in [0.3, 0.4) is 0 Å². The van der Waals surface area contributed by atoms with Crippen LogP contribution >= 0.6 is 24.0 Å². The molecule has 122 valence electrons. The van der Waals surface area contributed by atoms with E-state index in [2.05, 4.69) is 47.9 Å². The molecule has 0 radical (unpaired) electrons. The normalized spacial score (nSPS) is 12.0. The van der Waals surface area contributed by atoms with Crippen LogP contribution in [-0.2, 0) is 12.0 Å². The molecule has 0 aliphatic rings. The minimum atomic E-state index is -0.00908. The number of hydrogen-bond donors (Lipinski definition) is 1. The van der Waals surface area contributed by atoms with E-state index in [4.69, 9.17) is 4.42 Å². The Hall–Kier alpha value is -0.790. The van der Waals surface area contributed by atoms with Gasteiger partial charge in [0.1, 0.15) is 5.76 Å². The second-order valence-corrected chi connectivity index (χ2v) is 6.04. The van der Waals surface area contributed by atoms with Gasteiger partial charge in [0.05, 0.1) is 12.7 Å². The van der Waals surface area contributed by atoms with Crippen molar-refractivity contribution in [2.45, 2.75) is 52.5 Å². The van der Waals surface area contributed by atoms with E-state index in [9.17, 15) is 0 Å². The fraction of sp³-hybridized carbons (Fsp3) is 0.733. The van der Waals surface area contributed by atoms with Gasteiger partial charge < -0.3 is 14.6 Å². The van der Waals surface area contributed by atoms with Gasteiger partial charge in [0, 0.05) is 26.1 Å². The Morgan fingerprint density at radius 1 is 1.43 bits per heavy atom. The Labute approximate surface area is 145 Å². The maximum atomic E-state index is 5.76. The van der Waals surface area contributed by atoms with Crippen molar-refractivity contribution in [1.29, 1.82) is 0 Å². The first-order valence-corrected chi connectivity index (χ1v) is 7.25. The zero-order chi connectivity index (χ0) is 15.2. The fourth-order valence-corrected chi connectivity index (χ4v) is 1.78. The van der Waals surface area contributed by atoms with Crippen molar-refractivity contribution in [1.82, 2.24) is 15.2 Å². The molecule has 0 aliphatic heterocycles. The van der Waals surface area contributed by atoms with Crippen molar-refractivity contribution in [3.8, 4) is 0 Å². The summed E-state index contributed by atoms with van der Waals surface area (Å²) in [5.41, 5.74) is -0.00908. The number of halogens is 1. The molecule has 1 N–H and O–H groups in total. The summed E-state index contributed by atoms with van der Waals surface area (Å²) in [5, 5.41) is 3.28. The van der Waals surface area contributed by atoms with E-state index in [1.165, 1.54) is 6.42 Å². The molecule has 0 saturated heterocycles. The SMILES string of the molecule is CCCCN(C)C(=NC)NCc1ncc(C(C)(C)C)o1.I. The number of guanidine groups is 1. The summed E-state index contributed by atoms with van der Waals surface area (Å²) >= 11 is 0. The van der Waals surface area contributed by atoms with Gasteiger partial charge in [-0.25, -0.2) is 4.98 Å². The Kier molecular flexibility index (Phi) is 8.92. The van der Waals surface area contributed by atoms with Gasteiger partial charge in [-0.2, -0.15) is 0 Å². The first-order chi connectivity index (χ1) is 9.38. The van der Waals surface area contributed by atoms with Gasteiger partial charge in [-0.15, -0.1) is 24.0 Å². The Morgan fingerprint density at radius 2 is 2.10 bits per heavy atom. The van der Waals surface area contributed by atoms with Gasteiger partial charge in [0.2, 0.25) is 5.89 Å². The minimum Gasteiger partial charge on any atom is -0.443 e. The van der Waals surface area contributed by atoms with Crippen molar-refractivity contribution in [3.63, 3.8) is 0 Å². The summed E-state index contributed by atoms with van der Waals surface area (Å²) in [4.78, 5) is 10.7. The molecule has 1 heterocycles. The number of unbranched alkanes of at least 4 members (excludes halogenated alkanes) is 1. The highest BCUT2D eigenvalue weighted by Crippen LogP contribution is 2.22. The predicted octanol–water partition coefficient (Wildman–Crippen LogP) is 3.40. The second-order valence-electron chi connectivity index (χ2n) is 6.04. The summed E-state index contributed by atoms with van der Waals surface area (Å²) in [6, 6.07) is 0. The van der Waals surface area contributed by atoms with Gasteiger partial charge in [-0.3, -0.25) is 4.99 Å². The summed E-state index contributed by atoms with van der Waals surface area (Å²) in [5.74, 6) is 2.47. The zero-order valence-corrected chi connectivity index (χ0v) is 16.4. The molecule has 1 aromatic heterocycles. The van der Waals surface area contributed by atoms with Crippen LogP contribution in [-0.4, -0.2) is 36.5 Å². The number of aromatic nitrogens is 1. The molecule has 0 saturated carbocycles. The number of oxazole rings is 1. The van der Waals surface area contributed by atoms with Crippen molar-refractivity contribution in [2.75, 3.05) is 20.6 Å². The molecule has 0 spiro atoms. The van der Waals surface area contributed by atoms with Gasteiger partial charge in [0.15, 0.2) is 5.96 Å². The molecule has 1 aromatic rings. The highest BCUT2D eigenvalue weighted by Gasteiger charge is 2.19. The van der Waals surface area contributed by atoms with E-state index < -0.39 is 0 Å². The maximum Gasteiger partial charge on any atom is 0.213 e. The quantitative estimate of drug-likeness (QED) is 0.461. The van der Waals surface area contributed by atoms with Gasteiger partial charge in [-0.1, -0.05) is 34.1 Å². The molecular formula is C15H29IN4O. The van der Waals surface area contributed by atoms with Crippen LogP contribution < -0.4 is 5.32 Å². The van der Waals surface area contributed by atoms with E-state index in [-0.39, 0.29) is 29.4 Å². The van der Waals surface area contributed by atoms with Crippen molar-refractivity contribution in [2.24, 2.45) is 4.99 Å². The average molecular weight is 408 g/mol. The summed E-state index contributed by atoms with van der Waals surface area (Å²) in [7, 11) is 3.84. The Balaban J connectivity index is 0.00000400. The van der Waals surface area contributed by atoms with Crippen LogP contribution in [0.5, 0.6) is 0 Å². The lowest BCUT2D eigenvalue weighted by molar-refractivity contribution is 0.376. The number of rotatable bonds is 5. The number of hydrogen-bond acceptors (Lipinski definition) is 3. The third-order valence-corrected chi connectivity index (χ3v) is 3.11. The molecule has 0 amide bonds. The van der Waals surface area contributed by atoms with E-state index in [0.29, 0.717) is 12.4 Å². The summed E-state index contributed by atoms with van der Waals surface area (Å²) in [6.45, 7) is 10.1. The molecule has 1 rings (SSSR count). The van der Waals surface area contributed by atoms with E-state index in [1.54, 1.807) is 13.2 Å². The van der Waals surface area contributed by atoms with Crippen LogP contribution in [0.15, 0.2) is 15.6 Å². The lowest BCUT2D eigenvalue weighted by Crippen LogP contribution is -2.39. The van der Waals surface area contributed by atoms with E-state index >= 15 is 0 Å². The first-order valence-electron chi connectivity index (χ1n) is 7.25. The minimum absolute atomic E-state index is 0. The molecule has 5 nitrogen and oxygen atoms in total. The molecule has 0 unspecified atom stereocenters. The molecule has 0 atom stereocenters. The predicted molar refractivity (Wildman–Crippen MR) is 98.4 cm³/mol. The van der Waals surface area contributed by atoms with Crippen molar-refractivity contribution < 1.29 is 4.42 Å². The molecule has 0 bridgehead atoms. The lowest BCUT2D eigenvalue weighted by Gasteiger charge is -2.21. The van der Waals surface area contributed by atoms with Gasteiger partial charge >= 0.3 is 0 Å². The van der Waals surface area contributed by atoms with E-state index in [1.807, 2.05) is 7.05 Å². The fourth-order valence-electron chi connectivity index (χ4n) is 1.78. The average Bonchev–Trinajstić information content (AvgIpc) is 2.85. The molecule has 0 fully saturated rings. The second kappa shape index (κ2) is 9.27. The lowest BCUT2D eigenvalue weighted by atomic mass is 9.94. The summed E-state index contributed by atoms with van der Waals surface area (Å²) < 4.78 is 5.76. The molecule has 0 aliphatic carbocycles. The highest BCUT2D eigenvalue weighted by atomic mass is 127. The monoisotopic (exact) mass is 408 g/mol. The first kappa shape index (κ1) is 20.2. The molecule has 21 heavy (non-hydrogen) atoms. The topological polar surface area (TPSA) is 53.7 Å². The van der Waals surface area contributed by atoms with E-state index in [0.717, 1.165) is 24.7 Å². The highest BCUT2D eigenvalue weighted by molar-refractivity contribution is 14.0. The number of aliphatic imine (C=N–C) groups is 1. The molecule has 0 aromatic carbocycles. The number of nitrogens with one attached hydrogen (secondary N) is 1. The van der Waals surface area contributed by atoms with Gasteiger partial charge in [0.25, 0.3) is 0 Å². The molecular weight excluding hydrogens is 379 g/mol. The van der Waals surface area contributed by atoms with Crippen LogP contribution in [0.1, 0.15) is 52.2 Å². The van der Waals surface area contributed by atoms with Gasteiger partial charge in [-0.05, 0) is 6.42 Å². The Morgan fingerprint density at radius 3 is 2.57 bits per heavy atom. The third-order valence-electron chi connectivity index (χ3n) is 3.11. The largest absolute Gasteiger partial charge is 0.443 e. The number of nitrogens with zero attached hydrogens (tertiary/aromatic N) is 3. The molecule has 6 heteroatoms. The smallest absolute Gasteiger partial charge is 0.213 e. The zero-order valence-electron chi connectivity index (χ0n) is 14.1. The van der Waals surface area contributed by atoms with Crippen LogP contribution in [0.2, 0.25) is 0 Å². The van der Waals surface area contributed by atoms with Crippen molar-refractivity contribution in [3.05, 3.63) is 17.8 Å². The maximum absolute atomic E-state index is 5.76. The van der Waals surface area contributed by atoms with Crippen LogP contribution in [0.25, 0.3) is 0 Å². The van der Waals surface area contributed by atoms with Crippen LogP contribution in [0.4, 0.5) is 0 Å². The Bertz CT molecular complexity index is 437. The van der Waals surface area contributed by atoms with Crippen molar-refractivity contribution >= 4 is 29.9 Å².